The highest BCUT2D eigenvalue weighted by Gasteiger charge is 2.45. The smallest absolute Gasteiger partial charge is 0.0897 e. The molecule has 0 bridgehead atoms. The van der Waals surface area contributed by atoms with Crippen molar-refractivity contribution in [2.75, 3.05) is 13.2 Å². The predicted octanol–water partition coefficient (Wildman–Crippen LogP) is 2.33. The van der Waals surface area contributed by atoms with Crippen molar-refractivity contribution in [2.45, 2.75) is 71.1 Å². The summed E-state index contributed by atoms with van der Waals surface area (Å²) in [5.74, 6) is 0.784. The van der Waals surface area contributed by atoms with Crippen LogP contribution in [0.15, 0.2) is 0 Å². The van der Waals surface area contributed by atoms with E-state index in [2.05, 4.69) is 26.1 Å². The third-order valence-corrected chi connectivity index (χ3v) is 4.53. The monoisotopic (exact) mass is 255 g/mol. The third-order valence-electron chi connectivity index (χ3n) is 4.53. The maximum absolute atomic E-state index is 9.91. The molecule has 2 N–H and O–H groups in total. The van der Waals surface area contributed by atoms with E-state index in [1.807, 2.05) is 0 Å². The lowest BCUT2D eigenvalue weighted by molar-refractivity contribution is -0.0308. The van der Waals surface area contributed by atoms with Gasteiger partial charge in [0.1, 0.15) is 0 Å². The SMILES string of the molecule is CC1CCCC(OCC(O)CNC2CC2(C)C)C1. The van der Waals surface area contributed by atoms with Crippen LogP contribution in [0.3, 0.4) is 0 Å². The third kappa shape index (κ3) is 4.22. The van der Waals surface area contributed by atoms with Gasteiger partial charge in [0, 0.05) is 12.6 Å². The van der Waals surface area contributed by atoms with E-state index in [-0.39, 0.29) is 6.10 Å². The molecule has 2 rings (SSSR count). The molecule has 4 unspecified atom stereocenters. The van der Waals surface area contributed by atoms with Gasteiger partial charge < -0.3 is 15.2 Å². The zero-order chi connectivity index (χ0) is 13.2. The second-order valence-electron chi connectivity index (χ2n) is 7.03. The Balaban J connectivity index is 1.55. The second-order valence-corrected chi connectivity index (χ2v) is 7.03. The van der Waals surface area contributed by atoms with Gasteiger partial charge in [0.25, 0.3) is 0 Å². The van der Waals surface area contributed by atoms with Crippen LogP contribution in [-0.4, -0.2) is 36.5 Å². The van der Waals surface area contributed by atoms with Gasteiger partial charge in [-0.25, -0.2) is 0 Å². The molecule has 0 radical (unpaired) electrons. The van der Waals surface area contributed by atoms with Gasteiger partial charge in [0.15, 0.2) is 0 Å². The van der Waals surface area contributed by atoms with Crippen LogP contribution in [0.2, 0.25) is 0 Å². The van der Waals surface area contributed by atoms with Crippen LogP contribution in [0.1, 0.15) is 52.9 Å². The summed E-state index contributed by atoms with van der Waals surface area (Å²) >= 11 is 0. The van der Waals surface area contributed by atoms with E-state index in [0.29, 0.717) is 30.7 Å². The highest BCUT2D eigenvalue weighted by atomic mass is 16.5. The number of hydrogen-bond acceptors (Lipinski definition) is 3. The van der Waals surface area contributed by atoms with E-state index < -0.39 is 0 Å². The van der Waals surface area contributed by atoms with Crippen molar-refractivity contribution >= 4 is 0 Å². The number of ether oxygens (including phenoxy) is 1. The quantitative estimate of drug-likeness (QED) is 0.765. The van der Waals surface area contributed by atoms with E-state index in [4.69, 9.17) is 4.74 Å². The maximum atomic E-state index is 9.91. The van der Waals surface area contributed by atoms with Crippen LogP contribution < -0.4 is 5.32 Å². The topological polar surface area (TPSA) is 41.5 Å². The molecule has 18 heavy (non-hydrogen) atoms. The summed E-state index contributed by atoms with van der Waals surface area (Å²) in [5.41, 5.74) is 0.430. The predicted molar refractivity (Wildman–Crippen MR) is 73.6 cm³/mol. The average Bonchev–Trinajstić information content (AvgIpc) is 2.92. The van der Waals surface area contributed by atoms with Crippen molar-refractivity contribution in [3.05, 3.63) is 0 Å². The summed E-state index contributed by atoms with van der Waals surface area (Å²) in [7, 11) is 0. The number of nitrogens with one attached hydrogen (secondary N) is 1. The summed E-state index contributed by atoms with van der Waals surface area (Å²) < 4.78 is 5.83. The number of aliphatic hydroxyl groups excluding tert-OH is 1. The minimum Gasteiger partial charge on any atom is -0.389 e. The molecule has 3 heteroatoms. The van der Waals surface area contributed by atoms with E-state index >= 15 is 0 Å². The van der Waals surface area contributed by atoms with Gasteiger partial charge in [-0.15, -0.1) is 0 Å². The standard InChI is InChI=1S/C15H29NO2/c1-11-5-4-6-13(7-11)18-10-12(17)9-16-14-8-15(14,2)3/h11-14,16-17H,4-10H2,1-3H3. The van der Waals surface area contributed by atoms with E-state index in [0.717, 1.165) is 12.3 Å². The summed E-state index contributed by atoms with van der Waals surface area (Å²) in [6, 6.07) is 0.585. The van der Waals surface area contributed by atoms with Crippen molar-refractivity contribution in [1.82, 2.24) is 5.32 Å². The zero-order valence-electron chi connectivity index (χ0n) is 12.1. The first kappa shape index (κ1) is 14.3. The van der Waals surface area contributed by atoms with Gasteiger partial charge in [-0.1, -0.05) is 33.6 Å². The van der Waals surface area contributed by atoms with Gasteiger partial charge in [-0.2, -0.15) is 0 Å². The van der Waals surface area contributed by atoms with Crippen molar-refractivity contribution < 1.29 is 9.84 Å². The zero-order valence-corrected chi connectivity index (χ0v) is 12.1. The lowest BCUT2D eigenvalue weighted by Gasteiger charge is -2.27. The highest BCUT2D eigenvalue weighted by molar-refractivity contribution is 5.01. The molecule has 0 saturated heterocycles. The molecule has 0 amide bonds. The minimum absolute atomic E-state index is 0.362. The van der Waals surface area contributed by atoms with Crippen molar-refractivity contribution in [3.8, 4) is 0 Å². The molecule has 0 aromatic carbocycles. The fraction of sp³-hybridized carbons (Fsp3) is 1.00. The Hall–Kier alpha value is -0.120. The molecule has 0 aromatic heterocycles. The van der Waals surface area contributed by atoms with Gasteiger partial charge in [-0.3, -0.25) is 0 Å². The first-order chi connectivity index (χ1) is 8.47. The summed E-state index contributed by atoms with van der Waals surface area (Å²) in [5, 5.41) is 13.3. The Bertz CT molecular complexity index is 267. The normalized spacial score (nSPS) is 36.3. The Morgan fingerprint density at radius 1 is 1.39 bits per heavy atom. The van der Waals surface area contributed by atoms with E-state index in [9.17, 15) is 5.11 Å². The molecule has 0 heterocycles. The molecule has 2 fully saturated rings. The number of hydrogen-bond donors (Lipinski definition) is 2. The van der Waals surface area contributed by atoms with Crippen LogP contribution in [0.5, 0.6) is 0 Å². The fourth-order valence-electron chi connectivity index (χ4n) is 2.93. The van der Waals surface area contributed by atoms with Gasteiger partial charge in [0.2, 0.25) is 0 Å². The maximum Gasteiger partial charge on any atom is 0.0897 e. The molecular weight excluding hydrogens is 226 g/mol. The molecule has 0 aliphatic heterocycles. The van der Waals surface area contributed by atoms with Crippen LogP contribution in [0.25, 0.3) is 0 Å². The Morgan fingerprint density at radius 2 is 2.11 bits per heavy atom. The summed E-state index contributed by atoms with van der Waals surface area (Å²) in [6.45, 7) is 7.96. The molecule has 0 aromatic rings. The Labute approximate surface area is 111 Å². The lowest BCUT2D eigenvalue weighted by Crippen LogP contribution is -2.35. The second kappa shape index (κ2) is 5.89. The van der Waals surface area contributed by atoms with Crippen molar-refractivity contribution in [3.63, 3.8) is 0 Å². The summed E-state index contributed by atoms with van der Waals surface area (Å²) in [4.78, 5) is 0. The molecular formula is C15H29NO2. The fourth-order valence-corrected chi connectivity index (χ4v) is 2.93. The molecule has 2 aliphatic rings. The molecule has 3 nitrogen and oxygen atoms in total. The van der Waals surface area contributed by atoms with E-state index in [1.54, 1.807) is 0 Å². The largest absolute Gasteiger partial charge is 0.389 e. The summed E-state index contributed by atoms with van der Waals surface area (Å²) in [6.07, 6.45) is 6.17. The van der Waals surface area contributed by atoms with Gasteiger partial charge >= 0.3 is 0 Å². The van der Waals surface area contributed by atoms with E-state index in [1.165, 1.54) is 25.7 Å². The first-order valence-electron chi connectivity index (χ1n) is 7.50. The Morgan fingerprint density at radius 3 is 2.72 bits per heavy atom. The van der Waals surface area contributed by atoms with Crippen molar-refractivity contribution in [2.24, 2.45) is 11.3 Å². The molecule has 0 spiro atoms. The molecule has 2 aliphatic carbocycles. The van der Waals surface area contributed by atoms with Crippen LogP contribution in [-0.2, 0) is 4.74 Å². The number of rotatable bonds is 6. The van der Waals surface area contributed by atoms with Crippen molar-refractivity contribution in [1.29, 1.82) is 0 Å². The minimum atomic E-state index is -0.362. The van der Waals surface area contributed by atoms with Crippen LogP contribution >= 0.6 is 0 Å². The van der Waals surface area contributed by atoms with Gasteiger partial charge in [-0.05, 0) is 30.6 Å². The molecule has 2 saturated carbocycles. The Kier molecular flexibility index (Phi) is 4.68. The van der Waals surface area contributed by atoms with Gasteiger partial charge in [0.05, 0.1) is 18.8 Å². The number of aliphatic hydroxyl groups is 1. The lowest BCUT2D eigenvalue weighted by atomic mass is 9.89. The van der Waals surface area contributed by atoms with Crippen LogP contribution in [0, 0.1) is 11.3 Å². The first-order valence-corrected chi connectivity index (χ1v) is 7.50. The molecule has 106 valence electrons. The molecule has 4 atom stereocenters. The highest BCUT2D eigenvalue weighted by Crippen LogP contribution is 2.44. The average molecular weight is 255 g/mol. The van der Waals surface area contributed by atoms with Crippen LogP contribution in [0.4, 0.5) is 0 Å².